The lowest BCUT2D eigenvalue weighted by Crippen LogP contribution is -2.59. The van der Waals surface area contributed by atoms with Crippen molar-refractivity contribution in [3.05, 3.63) is 27.5 Å². The molecule has 1 aromatic rings. The SMILES string of the molecule is CC(C)(C)OC(=O)N1[C@H]2CCC[C@@H]1[C@@H](c1cc(Cl)nc(Br)c1)OC2. The summed E-state index contributed by atoms with van der Waals surface area (Å²) in [5, 5.41) is 0.407. The lowest BCUT2D eigenvalue weighted by atomic mass is 9.88. The zero-order chi connectivity index (χ0) is 17.5. The van der Waals surface area contributed by atoms with Gasteiger partial charge in [-0.25, -0.2) is 9.78 Å². The van der Waals surface area contributed by atoms with Crippen LogP contribution in [-0.4, -0.2) is 40.3 Å². The molecule has 132 valence electrons. The van der Waals surface area contributed by atoms with Gasteiger partial charge >= 0.3 is 6.09 Å². The summed E-state index contributed by atoms with van der Waals surface area (Å²) in [7, 11) is 0. The standard InChI is InChI=1S/C17H22BrClN2O3/c1-17(2,3)24-16(22)21-11-5-4-6-12(21)15(23-9-11)10-7-13(18)20-14(19)8-10/h7-8,11-12,15H,4-6,9H2,1-3H3/t11-,12+,15+/m0/s1. The largest absolute Gasteiger partial charge is 0.444 e. The predicted octanol–water partition coefficient (Wildman–Crippen LogP) is 4.73. The minimum atomic E-state index is -0.512. The number of piperidine rings is 1. The molecule has 0 N–H and O–H groups in total. The number of pyridine rings is 1. The highest BCUT2D eigenvalue weighted by Gasteiger charge is 2.45. The second-order valence-electron chi connectivity index (χ2n) is 7.34. The van der Waals surface area contributed by atoms with Crippen molar-refractivity contribution in [1.82, 2.24) is 9.88 Å². The summed E-state index contributed by atoms with van der Waals surface area (Å²) < 4.78 is 12.4. The normalized spacial score (nSPS) is 27.0. The number of amides is 1. The highest BCUT2D eigenvalue weighted by Crippen LogP contribution is 2.40. The van der Waals surface area contributed by atoms with Crippen molar-refractivity contribution in [3.63, 3.8) is 0 Å². The number of carbonyl (C=O) groups is 1. The van der Waals surface area contributed by atoms with E-state index in [9.17, 15) is 4.79 Å². The molecule has 0 radical (unpaired) electrons. The first kappa shape index (κ1) is 18.0. The van der Waals surface area contributed by atoms with Crippen molar-refractivity contribution in [1.29, 1.82) is 0 Å². The van der Waals surface area contributed by atoms with Crippen LogP contribution >= 0.6 is 27.5 Å². The van der Waals surface area contributed by atoms with Crippen LogP contribution in [0.1, 0.15) is 51.7 Å². The Morgan fingerprint density at radius 3 is 2.83 bits per heavy atom. The molecule has 5 nitrogen and oxygen atoms in total. The molecule has 2 aliphatic heterocycles. The molecule has 1 amide bonds. The highest BCUT2D eigenvalue weighted by molar-refractivity contribution is 9.10. The predicted molar refractivity (Wildman–Crippen MR) is 95.1 cm³/mol. The van der Waals surface area contributed by atoms with Crippen molar-refractivity contribution >= 4 is 33.6 Å². The van der Waals surface area contributed by atoms with Gasteiger partial charge in [0.25, 0.3) is 0 Å². The summed E-state index contributed by atoms with van der Waals surface area (Å²) in [6, 6.07) is 3.74. The van der Waals surface area contributed by atoms with Gasteiger partial charge in [0.05, 0.1) is 18.7 Å². The zero-order valence-electron chi connectivity index (χ0n) is 14.1. The first-order valence-corrected chi connectivity index (χ1v) is 9.37. The summed E-state index contributed by atoms with van der Waals surface area (Å²) >= 11 is 9.46. The molecule has 3 atom stereocenters. The number of aromatic nitrogens is 1. The summed E-state index contributed by atoms with van der Waals surface area (Å²) in [4.78, 5) is 18.8. The quantitative estimate of drug-likeness (QED) is 0.620. The third-order valence-electron chi connectivity index (χ3n) is 4.32. The molecule has 0 aromatic carbocycles. The number of fused-ring (bicyclic) bond motifs is 2. The third-order valence-corrected chi connectivity index (χ3v) is 4.92. The summed E-state index contributed by atoms with van der Waals surface area (Å²) in [5.74, 6) is 0. The molecule has 2 saturated heterocycles. The molecular formula is C17H22BrClN2O3. The van der Waals surface area contributed by atoms with Crippen molar-refractivity contribution in [3.8, 4) is 0 Å². The van der Waals surface area contributed by atoms with Crippen molar-refractivity contribution in [2.24, 2.45) is 0 Å². The second-order valence-corrected chi connectivity index (χ2v) is 8.54. The Bertz CT molecular complexity index is 615. The Kier molecular flexibility index (Phi) is 5.09. The lowest BCUT2D eigenvalue weighted by molar-refractivity contribution is -0.123. The van der Waals surface area contributed by atoms with Crippen LogP contribution in [0.4, 0.5) is 4.79 Å². The van der Waals surface area contributed by atoms with Gasteiger partial charge in [0.2, 0.25) is 0 Å². The number of rotatable bonds is 1. The van der Waals surface area contributed by atoms with Gasteiger partial charge in [0, 0.05) is 0 Å². The van der Waals surface area contributed by atoms with Crippen molar-refractivity contribution in [2.75, 3.05) is 6.61 Å². The van der Waals surface area contributed by atoms with Crippen LogP contribution in [-0.2, 0) is 9.47 Å². The number of hydrogen-bond acceptors (Lipinski definition) is 4. The average molecular weight is 418 g/mol. The number of carbonyl (C=O) groups excluding carboxylic acids is 1. The van der Waals surface area contributed by atoms with Gasteiger partial charge in [-0.1, -0.05) is 11.6 Å². The van der Waals surface area contributed by atoms with E-state index >= 15 is 0 Å². The Labute approximate surface area is 155 Å². The number of nitrogens with zero attached hydrogens (tertiary/aromatic N) is 2. The molecule has 7 heteroatoms. The maximum absolute atomic E-state index is 12.7. The van der Waals surface area contributed by atoms with Crippen LogP contribution in [0.5, 0.6) is 0 Å². The van der Waals surface area contributed by atoms with E-state index in [2.05, 4.69) is 20.9 Å². The van der Waals surface area contributed by atoms with Crippen molar-refractivity contribution < 1.29 is 14.3 Å². The van der Waals surface area contributed by atoms with Crippen LogP contribution in [0, 0.1) is 0 Å². The van der Waals surface area contributed by atoms with E-state index in [-0.39, 0.29) is 24.3 Å². The van der Waals surface area contributed by atoms with Gasteiger partial charge in [0.15, 0.2) is 0 Å². The van der Waals surface area contributed by atoms with Crippen LogP contribution in [0.25, 0.3) is 0 Å². The van der Waals surface area contributed by atoms with Crippen LogP contribution in [0.2, 0.25) is 5.15 Å². The Hall–Kier alpha value is -0.850. The summed E-state index contributed by atoms with van der Waals surface area (Å²) in [5.41, 5.74) is 0.420. The number of hydrogen-bond donors (Lipinski definition) is 0. The van der Waals surface area contributed by atoms with Gasteiger partial charge in [-0.05, 0) is 73.7 Å². The summed E-state index contributed by atoms with van der Waals surface area (Å²) in [6.07, 6.45) is 2.44. The van der Waals surface area contributed by atoms with Crippen LogP contribution < -0.4 is 0 Å². The molecule has 2 aliphatic rings. The van der Waals surface area contributed by atoms with Crippen LogP contribution in [0.3, 0.4) is 0 Å². The maximum Gasteiger partial charge on any atom is 0.410 e. The molecule has 0 aliphatic carbocycles. The lowest BCUT2D eigenvalue weighted by Gasteiger charge is -2.49. The molecule has 2 fully saturated rings. The van der Waals surface area contributed by atoms with Gasteiger partial charge < -0.3 is 9.47 Å². The first-order chi connectivity index (χ1) is 11.2. The molecule has 0 spiro atoms. The summed E-state index contributed by atoms with van der Waals surface area (Å²) in [6.45, 7) is 6.17. The maximum atomic E-state index is 12.7. The Morgan fingerprint density at radius 2 is 2.17 bits per heavy atom. The highest BCUT2D eigenvalue weighted by atomic mass is 79.9. The van der Waals surface area contributed by atoms with E-state index in [1.165, 1.54) is 0 Å². The van der Waals surface area contributed by atoms with Crippen LogP contribution in [0.15, 0.2) is 16.7 Å². The number of morpholine rings is 1. The third kappa shape index (κ3) is 3.86. The smallest absolute Gasteiger partial charge is 0.410 e. The minimum absolute atomic E-state index is 0.0438. The second kappa shape index (κ2) is 6.81. The molecule has 3 rings (SSSR count). The minimum Gasteiger partial charge on any atom is -0.444 e. The van der Waals surface area contributed by atoms with Gasteiger partial charge in [0.1, 0.15) is 21.5 Å². The van der Waals surface area contributed by atoms with E-state index in [0.29, 0.717) is 16.4 Å². The molecule has 0 saturated carbocycles. The average Bonchev–Trinajstić information content (AvgIpc) is 2.43. The van der Waals surface area contributed by atoms with Gasteiger partial charge in [-0.3, -0.25) is 4.90 Å². The Morgan fingerprint density at radius 1 is 1.42 bits per heavy atom. The van der Waals surface area contributed by atoms with E-state index in [1.54, 1.807) is 6.07 Å². The topological polar surface area (TPSA) is 51.7 Å². The van der Waals surface area contributed by atoms with E-state index < -0.39 is 5.60 Å². The van der Waals surface area contributed by atoms with Gasteiger partial charge in [-0.15, -0.1) is 0 Å². The molecule has 24 heavy (non-hydrogen) atoms. The number of halogens is 2. The monoisotopic (exact) mass is 416 g/mol. The van der Waals surface area contributed by atoms with E-state index in [4.69, 9.17) is 21.1 Å². The van der Waals surface area contributed by atoms with Gasteiger partial charge in [-0.2, -0.15) is 0 Å². The molecule has 0 unspecified atom stereocenters. The zero-order valence-corrected chi connectivity index (χ0v) is 16.4. The molecular weight excluding hydrogens is 396 g/mol. The molecule has 1 aromatic heterocycles. The fourth-order valence-electron chi connectivity index (χ4n) is 3.46. The fraction of sp³-hybridized carbons (Fsp3) is 0.647. The Balaban J connectivity index is 1.89. The molecule has 2 bridgehead atoms. The van der Waals surface area contributed by atoms with Crippen molar-refractivity contribution in [2.45, 2.75) is 63.8 Å². The molecule has 3 heterocycles. The van der Waals surface area contributed by atoms with E-state index in [0.717, 1.165) is 24.8 Å². The fourth-order valence-corrected chi connectivity index (χ4v) is 4.24. The van der Waals surface area contributed by atoms with E-state index in [1.807, 2.05) is 31.7 Å². The first-order valence-electron chi connectivity index (χ1n) is 8.20. The number of ether oxygens (including phenoxy) is 2.